The predicted octanol–water partition coefficient (Wildman–Crippen LogP) is 3.60. The van der Waals surface area contributed by atoms with E-state index in [4.69, 9.17) is 16.3 Å². The number of benzene rings is 2. The van der Waals surface area contributed by atoms with Gasteiger partial charge in [0.05, 0.1) is 22.7 Å². The average molecular weight is 330 g/mol. The van der Waals surface area contributed by atoms with Crippen molar-refractivity contribution in [2.24, 2.45) is 0 Å². The Kier molecular flexibility index (Phi) is 4.39. The van der Waals surface area contributed by atoms with Gasteiger partial charge in [-0.3, -0.25) is 4.72 Å². The minimum Gasteiger partial charge on any atom is -0.494 e. The van der Waals surface area contributed by atoms with Gasteiger partial charge >= 0.3 is 0 Å². The largest absolute Gasteiger partial charge is 0.494 e. The second kappa shape index (κ2) is 5.91. The van der Waals surface area contributed by atoms with E-state index >= 15 is 0 Å². The van der Waals surface area contributed by atoms with Crippen LogP contribution < -0.4 is 9.46 Å². The minimum atomic E-state index is -3.93. The lowest BCUT2D eigenvalue weighted by molar-refractivity contribution is 0.385. The Morgan fingerprint density at radius 1 is 1.19 bits per heavy atom. The predicted molar refractivity (Wildman–Crippen MR) is 79.9 cm³/mol. The average Bonchev–Trinajstić information content (AvgIpc) is 2.42. The number of ether oxygens (including phenoxy) is 1. The van der Waals surface area contributed by atoms with E-state index in [9.17, 15) is 12.8 Å². The van der Waals surface area contributed by atoms with Crippen LogP contribution in [0, 0.1) is 12.7 Å². The third-order valence-corrected chi connectivity index (χ3v) is 4.48. The number of sulfonamides is 1. The topological polar surface area (TPSA) is 55.4 Å². The van der Waals surface area contributed by atoms with Crippen LogP contribution in [0.5, 0.6) is 5.75 Å². The highest BCUT2D eigenvalue weighted by molar-refractivity contribution is 7.92. The number of rotatable bonds is 4. The van der Waals surface area contributed by atoms with E-state index in [0.29, 0.717) is 0 Å². The Balaban J connectivity index is 2.36. The summed E-state index contributed by atoms with van der Waals surface area (Å²) in [6.07, 6.45) is 0. The molecule has 4 nitrogen and oxygen atoms in total. The lowest BCUT2D eigenvalue weighted by Gasteiger charge is -2.11. The molecule has 0 aromatic heterocycles. The van der Waals surface area contributed by atoms with E-state index in [1.165, 1.54) is 19.2 Å². The van der Waals surface area contributed by atoms with Crippen molar-refractivity contribution in [2.75, 3.05) is 11.8 Å². The van der Waals surface area contributed by atoms with Crippen LogP contribution in [0.4, 0.5) is 10.1 Å². The molecule has 0 saturated heterocycles. The molecule has 21 heavy (non-hydrogen) atoms. The summed E-state index contributed by atoms with van der Waals surface area (Å²) in [5, 5.41) is 0.271. The van der Waals surface area contributed by atoms with Gasteiger partial charge in [-0.15, -0.1) is 0 Å². The molecule has 0 spiro atoms. The molecule has 0 aliphatic rings. The summed E-state index contributed by atoms with van der Waals surface area (Å²) in [6.45, 7) is 1.84. The number of aryl methyl sites for hydroxylation is 1. The van der Waals surface area contributed by atoms with E-state index < -0.39 is 15.8 Å². The number of anilines is 1. The molecule has 1 N–H and O–H groups in total. The zero-order chi connectivity index (χ0) is 15.6. The van der Waals surface area contributed by atoms with Crippen molar-refractivity contribution in [3.05, 3.63) is 52.8 Å². The molecule has 0 aliphatic heterocycles. The highest BCUT2D eigenvalue weighted by Gasteiger charge is 2.18. The van der Waals surface area contributed by atoms with Gasteiger partial charge in [0.15, 0.2) is 11.6 Å². The summed E-state index contributed by atoms with van der Waals surface area (Å²) in [5.41, 5.74) is 1.14. The van der Waals surface area contributed by atoms with Crippen molar-refractivity contribution >= 4 is 27.3 Å². The van der Waals surface area contributed by atoms with E-state index in [1.54, 1.807) is 18.2 Å². The fourth-order valence-electron chi connectivity index (χ4n) is 1.72. The molecule has 0 fully saturated rings. The van der Waals surface area contributed by atoms with E-state index in [2.05, 4.69) is 4.72 Å². The number of hydrogen-bond donors (Lipinski definition) is 1. The SMILES string of the molecule is COc1ccc(S(=O)(=O)Nc2ccc(C)cc2Cl)cc1F. The number of methoxy groups -OCH3 is 1. The molecule has 0 aliphatic carbocycles. The van der Waals surface area contributed by atoms with E-state index in [-0.39, 0.29) is 21.4 Å². The first-order chi connectivity index (χ1) is 9.83. The maximum Gasteiger partial charge on any atom is 0.262 e. The summed E-state index contributed by atoms with van der Waals surface area (Å²) >= 11 is 5.98. The maximum atomic E-state index is 13.6. The van der Waals surface area contributed by atoms with Crippen molar-refractivity contribution in [3.63, 3.8) is 0 Å². The van der Waals surface area contributed by atoms with Crippen LogP contribution in [0.1, 0.15) is 5.56 Å². The molecule has 0 radical (unpaired) electrons. The fraction of sp³-hybridized carbons (Fsp3) is 0.143. The first-order valence-corrected chi connectivity index (χ1v) is 7.82. The van der Waals surface area contributed by atoms with Gasteiger partial charge in [-0.2, -0.15) is 0 Å². The molecular weight excluding hydrogens is 317 g/mol. The lowest BCUT2D eigenvalue weighted by Crippen LogP contribution is -2.13. The summed E-state index contributed by atoms with van der Waals surface area (Å²) in [6, 6.07) is 8.30. The zero-order valence-electron chi connectivity index (χ0n) is 11.4. The first-order valence-electron chi connectivity index (χ1n) is 5.96. The van der Waals surface area contributed by atoms with Gasteiger partial charge in [-0.25, -0.2) is 12.8 Å². The monoisotopic (exact) mass is 329 g/mol. The zero-order valence-corrected chi connectivity index (χ0v) is 12.9. The highest BCUT2D eigenvalue weighted by Crippen LogP contribution is 2.27. The summed E-state index contributed by atoms with van der Waals surface area (Å²) in [5.74, 6) is -0.780. The maximum absolute atomic E-state index is 13.6. The molecule has 0 saturated carbocycles. The van der Waals surface area contributed by atoms with Gasteiger partial charge in [-0.05, 0) is 42.8 Å². The van der Waals surface area contributed by atoms with Crippen LogP contribution >= 0.6 is 11.6 Å². The van der Waals surface area contributed by atoms with Crippen molar-refractivity contribution in [1.82, 2.24) is 0 Å². The molecule has 0 unspecified atom stereocenters. The van der Waals surface area contributed by atoms with Crippen molar-refractivity contribution < 1.29 is 17.5 Å². The molecule has 112 valence electrons. The Labute approximate surface area is 127 Å². The van der Waals surface area contributed by atoms with Gasteiger partial charge in [0.25, 0.3) is 10.0 Å². The number of halogens is 2. The summed E-state index contributed by atoms with van der Waals surface area (Å²) in [7, 11) is -2.62. The van der Waals surface area contributed by atoms with Crippen molar-refractivity contribution in [3.8, 4) is 5.75 Å². The molecule has 2 aromatic rings. The van der Waals surface area contributed by atoms with Gasteiger partial charge < -0.3 is 4.74 Å². The van der Waals surface area contributed by atoms with Gasteiger partial charge in [0.1, 0.15) is 0 Å². The molecule has 0 atom stereocenters. The normalized spacial score (nSPS) is 11.2. The second-order valence-corrected chi connectivity index (χ2v) is 6.47. The quantitative estimate of drug-likeness (QED) is 0.932. The number of hydrogen-bond acceptors (Lipinski definition) is 3. The lowest BCUT2D eigenvalue weighted by atomic mass is 10.2. The third-order valence-electron chi connectivity index (χ3n) is 2.80. The molecule has 2 rings (SSSR count). The smallest absolute Gasteiger partial charge is 0.262 e. The van der Waals surface area contributed by atoms with Crippen molar-refractivity contribution in [2.45, 2.75) is 11.8 Å². The van der Waals surface area contributed by atoms with Gasteiger partial charge in [0, 0.05) is 0 Å². The summed E-state index contributed by atoms with van der Waals surface area (Å²) in [4.78, 5) is -0.211. The van der Waals surface area contributed by atoms with Crippen LogP contribution in [0.15, 0.2) is 41.3 Å². The standard InChI is InChI=1S/C14H13ClFNO3S/c1-9-3-5-13(11(15)7-9)17-21(18,19)10-4-6-14(20-2)12(16)8-10/h3-8,17H,1-2H3. The highest BCUT2D eigenvalue weighted by atomic mass is 35.5. The Morgan fingerprint density at radius 2 is 1.90 bits per heavy atom. The molecular formula is C14H13ClFNO3S. The minimum absolute atomic E-state index is 0.0256. The second-order valence-electron chi connectivity index (χ2n) is 4.39. The molecule has 0 bridgehead atoms. The molecule has 2 aromatic carbocycles. The van der Waals surface area contributed by atoms with Gasteiger partial charge in [0.2, 0.25) is 0 Å². The van der Waals surface area contributed by atoms with Crippen LogP contribution in [0.3, 0.4) is 0 Å². The first kappa shape index (κ1) is 15.6. The Morgan fingerprint density at radius 3 is 2.48 bits per heavy atom. The third kappa shape index (κ3) is 3.46. The van der Waals surface area contributed by atoms with Crippen LogP contribution in [0.2, 0.25) is 5.02 Å². The number of nitrogens with one attached hydrogen (secondary N) is 1. The van der Waals surface area contributed by atoms with Crippen molar-refractivity contribution in [1.29, 1.82) is 0 Å². The molecule has 0 heterocycles. The van der Waals surface area contributed by atoms with Crippen LogP contribution in [0.25, 0.3) is 0 Å². The Bertz CT molecular complexity index is 778. The van der Waals surface area contributed by atoms with E-state index in [0.717, 1.165) is 11.6 Å². The molecule has 0 amide bonds. The van der Waals surface area contributed by atoms with Crippen LogP contribution in [-0.4, -0.2) is 15.5 Å². The van der Waals surface area contributed by atoms with Gasteiger partial charge in [-0.1, -0.05) is 17.7 Å². The summed E-state index contributed by atoms with van der Waals surface area (Å²) < 4.78 is 45.1. The Hall–Kier alpha value is -1.79. The fourth-order valence-corrected chi connectivity index (χ4v) is 3.15. The molecule has 7 heteroatoms. The van der Waals surface area contributed by atoms with E-state index in [1.807, 2.05) is 6.92 Å². The van der Waals surface area contributed by atoms with Crippen LogP contribution in [-0.2, 0) is 10.0 Å².